The van der Waals surface area contributed by atoms with E-state index in [1.807, 2.05) is 0 Å². The van der Waals surface area contributed by atoms with Crippen LogP contribution in [-0.4, -0.2) is 28.1 Å². The van der Waals surface area contributed by atoms with Gasteiger partial charge in [0.05, 0.1) is 0 Å². The highest BCUT2D eigenvalue weighted by atomic mass is 16.4. The summed E-state index contributed by atoms with van der Waals surface area (Å²) < 4.78 is 0. The van der Waals surface area contributed by atoms with Gasteiger partial charge in [-0.1, -0.05) is 0 Å². The first-order valence-corrected chi connectivity index (χ1v) is 2.91. The number of ketones is 1. The number of carbonyl (C=O) groups is 2. The minimum absolute atomic E-state index is 0.660. The lowest BCUT2D eigenvalue weighted by molar-refractivity contribution is -0.148. The van der Waals surface area contributed by atoms with Crippen molar-refractivity contribution in [2.45, 2.75) is 20.0 Å². The molecule has 0 saturated heterocycles. The van der Waals surface area contributed by atoms with E-state index < -0.39 is 23.8 Å². The molecule has 0 saturated carbocycles. The van der Waals surface area contributed by atoms with Crippen LogP contribution in [0.15, 0.2) is 0 Å². The fourth-order valence-corrected chi connectivity index (χ4v) is 0.484. The molecule has 0 fully saturated rings. The maximum atomic E-state index is 10.7. The van der Waals surface area contributed by atoms with Gasteiger partial charge in [0.15, 0.2) is 5.78 Å². The fourth-order valence-electron chi connectivity index (χ4n) is 0.484. The summed E-state index contributed by atoms with van der Waals surface area (Å²) in [6.45, 7) is 2.50. The second-order valence-electron chi connectivity index (χ2n) is 2.14. The summed E-state index contributed by atoms with van der Waals surface area (Å²) in [6, 6.07) is 0. The molecule has 0 rings (SSSR count). The van der Waals surface area contributed by atoms with Gasteiger partial charge in [-0.2, -0.15) is 0 Å². The quantitative estimate of drug-likeness (QED) is 0.534. The van der Waals surface area contributed by atoms with E-state index in [2.05, 4.69) is 0 Å². The summed E-state index contributed by atoms with van der Waals surface area (Å²) in [5, 5.41) is 16.9. The molecule has 0 bridgehead atoms. The predicted octanol–water partition coefficient (Wildman–Crippen LogP) is -0.343. The van der Waals surface area contributed by atoms with Crippen LogP contribution >= 0.6 is 0 Å². The number of aliphatic hydroxyl groups is 1. The van der Waals surface area contributed by atoms with Gasteiger partial charge in [-0.05, 0) is 13.8 Å². The Morgan fingerprint density at radius 2 is 1.70 bits per heavy atom. The first-order chi connectivity index (χ1) is 4.46. The molecule has 0 aromatic carbocycles. The van der Waals surface area contributed by atoms with Crippen molar-refractivity contribution in [2.24, 2.45) is 5.92 Å². The molecule has 0 aromatic heterocycles. The third-order valence-corrected chi connectivity index (χ3v) is 1.21. The van der Waals surface area contributed by atoms with Crippen LogP contribution in [0.4, 0.5) is 0 Å². The van der Waals surface area contributed by atoms with E-state index in [0.29, 0.717) is 0 Å². The highest BCUT2D eigenvalue weighted by Gasteiger charge is 2.23. The third kappa shape index (κ3) is 2.14. The maximum Gasteiger partial charge on any atom is 0.313 e. The number of carboxylic acids is 1. The number of rotatable bonds is 3. The Kier molecular flexibility index (Phi) is 3.02. The minimum atomic E-state index is -1.20. The molecule has 4 nitrogen and oxygen atoms in total. The van der Waals surface area contributed by atoms with Gasteiger partial charge in [0.2, 0.25) is 0 Å². The second-order valence-corrected chi connectivity index (χ2v) is 2.14. The largest absolute Gasteiger partial charge is 0.481 e. The molecule has 0 amide bonds. The van der Waals surface area contributed by atoms with Crippen LogP contribution in [0.3, 0.4) is 0 Å². The van der Waals surface area contributed by atoms with Crippen molar-refractivity contribution in [1.82, 2.24) is 0 Å². The normalized spacial score (nSPS) is 15.9. The summed E-state index contributed by atoms with van der Waals surface area (Å²) >= 11 is 0. The van der Waals surface area contributed by atoms with Crippen LogP contribution in [-0.2, 0) is 9.59 Å². The van der Waals surface area contributed by atoms with Crippen LogP contribution in [0.2, 0.25) is 0 Å². The van der Waals surface area contributed by atoms with E-state index in [9.17, 15) is 9.59 Å². The third-order valence-electron chi connectivity index (χ3n) is 1.21. The van der Waals surface area contributed by atoms with E-state index in [1.54, 1.807) is 0 Å². The molecule has 0 aliphatic rings. The Hall–Kier alpha value is -0.900. The van der Waals surface area contributed by atoms with Gasteiger partial charge in [-0.3, -0.25) is 9.59 Å². The predicted molar refractivity (Wildman–Crippen MR) is 33.5 cm³/mol. The monoisotopic (exact) mass is 146 g/mol. The number of carbonyl (C=O) groups excluding carboxylic acids is 1. The Bertz CT molecular complexity index is 150. The number of aliphatic carboxylic acids is 1. The topological polar surface area (TPSA) is 74.6 Å². The first-order valence-electron chi connectivity index (χ1n) is 2.91. The van der Waals surface area contributed by atoms with Crippen LogP contribution in [0, 0.1) is 5.92 Å². The number of Topliss-reactive ketones (excluding diaryl/α,β-unsaturated/α-hetero) is 1. The molecular formula is C6H10O4. The van der Waals surface area contributed by atoms with Crippen molar-refractivity contribution in [1.29, 1.82) is 0 Å². The Labute approximate surface area is 58.5 Å². The van der Waals surface area contributed by atoms with Crippen molar-refractivity contribution >= 4 is 11.8 Å². The molecule has 2 atom stereocenters. The Morgan fingerprint density at radius 3 is 1.80 bits per heavy atom. The van der Waals surface area contributed by atoms with Crippen molar-refractivity contribution in [3.05, 3.63) is 0 Å². The van der Waals surface area contributed by atoms with Gasteiger partial charge in [0, 0.05) is 0 Å². The summed E-state index contributed by atoms with van der Waals surface area (Å²) in [5.41, 5.74) is 0. The fraction of sp³-hybridized carbons (Fsp3) is 0.667. The van der Waals surface area contributed by atoms with Crippen molar-refractivity contribution < 1.29 is 19.8 Å². The molecule has 0 heterocycles. The van der Waals surface area contributed by atoms with Gasteiger partial charge < -0.3 is 10.2 Å². The van der Waals surface area contributed by atoms with E-state index in [1.165, 1.54) is 13.8 Å². The lowest BCUT2D eigenvalue weighted by atomic mass is 10.0. The van der Waals surface area contributed by atoms with Gasteiger partial charge in [-0.15, -0.1) is 0 Å². The number of aliphatic hydroxyl groups excluding tert-OH is 1. The molecule has 0 radical (unpaired) electrons. The van der Waals surface area contributed by atoms with Crippen LogP contribution < -0.4 is 0 Å². The summed E-state index contributed by atoms with van der Waals surface area (Å²) in [7, 11) is 0. The van der Waals surface area contributed by atoms with Gasteiger partial charge in [0.1, 0.15) is 12.0 Å². The zero-order chi connectivity index (χ0) is 8.31. The zero-order valence-electron chi connectivity index (χ0n) is 5.87. The number of carboxylic acid groups (broad SMARTS) is 1. The van der Waals surface area contributed by atoms with Crippen LogP contribution in [0.25, 0.3) is 0 Å². The molecule has 0 aromatic rings. The van der Waals surface area contributed by atoms with Crippen molar-refractivity contribution in [3.63, 3.8) is 0 Å². The van der Waals surface area contributed by atoms with Crippen LogP contribution in [0.5, 0.6) is 0 Å². The molecular weight excluding hydrogens is 136 g/mol. The standard InChI is InChI=1S/C6H10O4/c1-3(6(9)10)5(8)4(2)7/h3-4,7H,1-2H3,(H,9,10). The molecule has 2 unspecified atom stereocenters. The first kappa shape index (κ1) is 9.10. The lowest BCUT2D eigenvalue weighted by Crippen LogP contribution is -2.29. The minimum Gasteiger partial charge on any atom is -0.481 e. The highest BCUT2D eigenvalue weighted by Crippen LogP contribution is 2.00. The molecule has 0 aliphatic heterocycles. The van der Waals surface area contributed by atoms with Crippen molar-refractivity contribution in [3.8, 4) is 0 Å². The number of hydrogen-bond acceptors (Lipinski definition) is 3. The second kappa shape index (κ2) is 3.31. The van der Waals surface area contributed by atoms with E-state index in [4.69, 9.17) is 10.2 Å². The van der Waals surface area contributed by atoms with E-state index in [-0.39, 0.29) is 0 Å². The summed E-state index contributed by atoms with van der Waals surface area (Å²) in [4.78, 5) is 20.8. The highest BCUT2D eigenvalue weighted by molar-refractivity contribution is 5.99. The molecule has 0 spiro atoms. The molecule has 4 heteroatoms. The van der Waals surface area contributed by atoms with E-state index >= 15 is 0 Å². The van der Waals surface area contributed by atoms with E-state index in [0.717, 1.165) is 0 Å². The Morgan fingerprint density at radius 1 is 1.30 bits per heavy atom. The van der Waals surface area contributed by atoms with Crippen LogP contribution in [0.1, 0.15) is 13.8 Å². The Balaban J connectivity index is 4.08. The average molecular weight is 146 g/mol. The summed E-state index contributed by atoms with van der Waals surface area (Å²) in [6.07, 6.45) is -1.19. The SMILES string of the molecule is CC(O)C(=O)C(C)C(=O)O. The lowest BCUT2D eigenvalue weighted by Gasteiger charge is -2.05. The molecule has 10 heavy (non-hydrogen) atoms. The van der Waals surface area contributed by atoms with Crippen molar-refractivity contribution in [2.75, 3.05) is 0 Å². The van der Waals surface area contributed by atoms with Gasteiger partial charge in [0.25, 0.3) is 0 Å². The zero-order valence-corrected chi connectivity index (χ0v) is 5.87. The number of hydrogen-bond donors (Lipinski definition) is 2. The summed E-state index contributed by atoms with van der Waals surface area (Å²) in [5.74, 6) is -2.97. The van der Waals surface area contributed by atoms with Gasteiger partial charge in [-0.25, -0.2) is 0 Å². The molecule has 2 N–H and O–H groups in total. The average Bonchev–Trinajstić information content (AvgIpc) is 1.84. The maximum absolute atomic E-state index is 10.7. The smallest absolute Gasteiger partial charge is 0.313 e. The molecule has 58 valence electrons. The van der Waals surface area contributed by atoms with Gasteiger partial charge >= 0.3 is 5.97 Å². The molecule has 0 aliphatic carbocycles.